The maximum absolute atomic E-state index is 10.8. The van der Waals surface area contributed by atoms with Gasteiger partial charge in [-0.2, -0.15) is 0 Å². The second-order valence-corrected chi connectivity index (χ2v) is 6.99. The highest BCUT2D eigenvalue weighted by atomic mass is 16.3. The molecule has 112 valence electrons. The first-order valence-electron chi connectivity index (χ1n) is 8.02. The van der Waals surface area contributed by atoms with Crippen molar-refractivity contribution in [2.75, 3.05) is 0 Å². The van der Waals surface area contributed by atoms with Gasteiger partial charge in [-0.25, -0.2) is 0 Å². The van der Waals surface area contributed by atoms with E-state index in [0.717, 1.165) is 24.0 Å². The second-order valence-electron chi connectivity index (χ2n) is 6.99. The number of nitrogens with two attached hydrogens (primary N) is 1. The first-order chi connectivity index (χ1) is 9.37. The third-order valence-electron chi connectivity index (χ3n) is 4.73. The van der Waals surface area contributed by atoms with Crippen LogP contribution in [-0.2, 0) is 5.54 Å². The molecule has 1 saturated carbocycles. The average molecular weight is 275 g/mol. The molecule has 0 aliphatic heterocycles. The van der Waals surface area contributed by atoms with Gasteiger partial charge in [0.2, 0.25) is 0 Å². The summed E-state index contributed by atoms with van der Waals surface area (Å²) in [6.45, 7) is 8.61. The molecule has 0 spiro atoms. The molecule has 1 fully saturated rings. The molecule has 0 amide bonds. The van der Waals surface area contributed by atoms with Gasteiger partial charge in [-0.05, 0) is 35.8 Å². The van der Waals surface area contributed by atoms with Crippen molar-refractivity contribution in [2.24, 2.45) is 5.73 Å². The van der Waals surface area contributed by atoms with Crippen molar-refractivity contribution in [2.45, 2.75) is 77.2 Å². The highest BCUT2D eigenvalue weighted by Gasteiger charge is 2.35. The molecule has 0 saturated heterocycles. The van der Waals surface area contributed by atoms with Crippen molar-refractivity contribution < 1.29 is 5.11 Å². The lowest BCUT2D eigenvalue weighted by atomic mass is 9.73. The summed E-state index contributed by atoms with van der Waals surface area (Å²) >= 11 is 0. The Morgan fingerprint density at radius 1 is 0.950 bits per heavy atom. The largest absolute Gasteiger partial charge is 0.507 e. The molecule has 0 unspecified atom stereocenters. The SMILES string of the molecule is CC(C)c1ccc(C(C)C)c(C2(N)CCCCC2)c1O. The predicted molar refractivity (Wildman–Crippen MR) is 85.2 cm³/mol. The Hall–Kier alpha value is -1.02. The average Bonchev–Trinajstić information content (AvgIpc) is 2.38. The van der Waals surface area contributed by atoms with E-state index >= 15 is 0 Å². The third kappa shape index (κ3) is 2.71. The summed E-state index contributed by atoms with van der Waals surface area (Å²) in [5.41, 5.74) is 9.66. The van der Waals surface area contributed by atoms with Crippen LogP contribution in [0.15, 0.2) is 12.1 Å². The lowest BCUT2D eigenvalue weighted by molar-refractivity contribution is 0.288. The van der Waals surface area contributed by atoms with E-state index in [0.29, 0.717) is 17.6 Å². The number of aromatic hydroxyl groups is 1. The van der Waals surface area contributed by atoms with Crippen LogP contribution in [0.5, 0.6) is 5.75 Å². The number of phenolic OH excluding ortho intramolecular Hbond substituents is 1. The van der Waals surface area contributed by atoms with Crippen LogP contribution < -0.4 is 5.73 Å². The Bertz CT molecular complexity index is 471. The molecule has 3 N–H and O–H groups in total. The van der Waals surface area contributed by atoms with Crippen LogP contribution in [0, 0.1) is 0 Å². The van der Waals surface area contributed by atoms with Crippen LogP contribution in [0.3, 0.4) is 0 Å². The smallest absolute Gasteiger partial charge is 0.124 e. The minimum Gasteiger partial charge on any atom is -0.507 e. The van der Waals surface area contributed by atoms with Crippen LogP contribution >= 0.6 is 0 Å². The monoisotopic (exact) mass is 275 g/mol. The van der Waals surface area contributed by atoms with Gasteiger partial charge in [0.15, 0.2) is 0 Å². The number of hydrogen-bond donors (Lipinski definition) is 2. The standard InChI is InChI=1S/C18H29NO/c1-12(2)14-8-9-15(13(3)4)17(20)16(14)18(19)10-6-5-7-11-18/h8-9,12-13,20H,5-7,10-11,19H2,1-4H3. The summed E-state index contributed by atoms with van der Waals surface area (Å²) < 4.78 is 0. The van der Waals surface area contributed by atoms with Gasteiger partial charge < -0.3 is 10.8 Å². The van der Waals surface area contributed by atoms with E-state index in [2.05, 4.69) is 39.8 Å². The van der Waals surface area contributed by atoms with Gasteiger partial charge in [-0.15, -0.1) is 0 Å². The molecular formula is C18H29NO. The molecule has 1 aliphatic carbocycles. The van der Waals surface area contributed by atoms with E-state index in [1.54, 1.807) is 0 Å². The Morgan fingerprint density at radius 2 is 1.45 bits per heavy atom. The number of phenols is 1. The predicted octanol–water partition coefficient (Wildman–Crippen LogP) is 4.76. The molecule has 2 rings (SSSR count). The van der Waals surface area contributed by atoms with E-state index in [9.17, 15) is 5.11 Å². The van der Waals surface area contributed by atoms with Gasteiger partial charge in [0.05, 0.1) is 0 Å². The minimum atomic E-state index is -0.340. The normalized spacial score (nSPS) is 18.8. The van der Waals surface area contributed by atoms with E-state index in [1.807, 2.05) is 0 Å². The van der Waals surface area contributed by atoms with E-state index in [1.165, 1.54) is 24.8 Å². The second kappa shape index (κ2) is 5.77. The topological polar surface area (TPSA) is 46.2 Å². The molecule has 1 aromatic carbocycles. The maximum atomic E-state index is 10.8. The molecule has 20 heavy (non-hydrogen) atoms. The van der Waals surface area contributed by atoms with Gasteiger partial charge in [-0.3, -0.25) is 0 Å². The van der Waals surface area contributed by atoms with Crippen molar-refractivity contribution >= 4 is 0 Å². The van der Waals surface area contributed by atoms with Crippen molar-refractivity contribution in [3.05, 3.63) is 28.8 Å². The van der Waals surface area contributed by atoms with E-state index in [-0.39, 0.29) is 5.54 Å². The van der Waals surface area contributed by atoms with Gasteiger partial charge in [0, 0.05) is 11.1 Å². The molecule has 0 heterocycles. The molecule has 1 aromatic rings. The van der Waals surface area contributed by atoms with Crippen molar-refractivity contribution in [1.29, 1.82) is 0 Å². The lowest BCUT2D eigenvalue weighted by Crippen LogP contribution is -2.40. The molecule has 0 atom stereocenters. The minimum absolute atomic E-state index is 0.321. The molecule has 0 aromatic heterocycles. The zero-order valence-electron chi connectivity index (χ0n) is 13.4. The summed E-state index contributed by atoms with van der Waals surface area (Å²) in [6.07, 6.45) is 5.57. The summed E-state index contributed by atoms with van der Waals surface area (Å²) in [5, 5.41) is 10.8. The number of hydrogen-bond acceptors (Lipinski definition) is 2. The summed E-state index contributed by atoms with van der Waals surface area (Å²) in [6, 6.07) is 4.25. The van der Waals surface area contributed by atoms with Crippen molar-refractivity contribution in [3.8, 4) is 5.75 Å². The fourth-order valence-electron chi connectivity index (χ4n) is 3.53. The van der Waals surface area contributed by atoms with Crippen molar-refractivity contribution in [1.82, 2.24) is 0 Å². The Balaban J connectivity index is 2.60. The van der Waals surface area contributed by atoms with Crippen LogP contribution in [0.1, 0.15) is 88.3 Å². The number of rotatable bonds is 3. The quantitative estimate of drug-likeness (QED) is 0.835. The molecule has 2 nitrogen and oxygen atoms in total. The van der Waals surface area contributed by atoms with Crippen molar-refractivity contribution in [3.63, 3.8) is 0 Å². The van der Waals surface area contributed by atoms with Crippen LogP contribution in [0.4, 0.5) is 0 Å². The maximum Gasteiger partial charge on any atom is 0.124 e. The lowest BCUT2D eigenvalue weighted by Gasteiger charge is -2.37. The van der Waals surface area contributed by atoms with Crippen LogP contribution in [0.2, 0.25) is 0 Å². The van der Waals surface area contributed by atoms with Gasteiger partial charge in [0.1, 0.15) is 5.75 Å². The van der Waals surface area contributed by atoms with Gasteiger partial charge >= 0.3 is 0 Å². The van der Waals surface area contributed by atoms with Crippen LogP contribution in [0.25, 0.3) is 0 Å². The van der Waals surface area contributed by atoms with Gasteiger partial charge in [0.25, 0.3) is 0 Å². The van der Waals surface area contributed by atoms with E-state index in [4.69, 9.17) is 5.73 Å². The highest BCUT2D eigenvalue weighted by Crippen LogP contribution is 2.45. The Kier molecular flexibility index (Phi) is 4.43. The fourth-order valence-corrected chi connectivity index (χ4v) is 3.53. The molecule has 2 heteroatoms. The first-order valence-corrected chi connectivity index (χ1v) is 8.02. The molecule has 1 aliphatic rings. The summed E-state index contributed by atoms with van der Waals surface area (Å²) in [7, 11) is 0. The first kappa shape index (κ1) is 15.4. The van der Waals surface area contributed by atoms with Gasteiger partial charge in [-0.1, -0.05) is 59.1 Å². The third-order valence-corrected chi connectivity index (χ3v) is 4.73. The Morgan fingerprint density at radius 3 is 1.95 bits per heavy atom. The highest BCUT2D eigenvalue weighted by molar-refractivity contribution is 5.51. The summed E-state index contributed by atoms with van der Waals surface area (Å²) in [5.74, 6) is 1.16. The zero-order valence-corrected chi connectivity index (χ0v) is 13.4. The molecular weight excluding hydrogens is 246 g/mol. The van der Waals surface area contributed by atoms with Crippen LogP contribution in [-0.4, -0.2) is 5.11 Å². The Labute approximate surface area is 123 Å². The molecule has 0 radical (unpaired) electrons. The zero-order chi connectivity index (χ0) is 14.9. The molecule has 0 bridgehead atoms. The van der Waals surface area contributed by atoms with E-state index < -0.39 is 0 Å². The number of benzene rings is 1. The summed E-state index contributed by atoms with van der Waals surface area (Å²) in [4.78, 5) is 0. The fraction of sp³-hybridized carbons (Fsp3) is 0.667.